The fraction of sp³-hybridized carbons (Fsp3) is 0.371. The van der Waals surface area contributed by atoms with E-state index in [1.54, 1.807) is 26.6 Å². The number of carbonyl (C=O) groups is 2. The number of nitrogens with zero attached hydrogens (tertiary/aromatic N) is 4. The van der Waals surface area contributed by atoms with Crippen LogP contribution in [0.25, 0.3) is 33.6 Å². The topological polar surface area (TPSA) is 166 Å². The lowest BCUT2D eigenvalue weighted by Gasteiger charge is -2.16. The first-order valence-electron chi connectivity index (χ1n) is 16.2. The fourth-order valence-electron chi connectivity index (χ4n) is 6.36. The molecule has 0 unspecified atom stereocenters. The second-order valence-electron chi connectivity index (χ2n) is 12.2. The minimum atomic E-state index is -0.251. The van der Waals surface area contributed by atoms with Crippen molar-refractivity contribution in [1.29, 1.82) is 0 Å². The van der Waals surface area contributed by atoms with Gasteiger partial charge in [0.15, 0.2) is 0 Å². The summed E-state index contributed by atoms with van der Waals surface area (Å²) in [6.07, 6.45) is 7.07. The monoisotopic (exact) mass is 704 g/mol. The number of aromatic nitrogens is 4. The molecule has 49 heavy (non-hydrogen) atoms. The van der Waals surface area contributed by atoms with Crippen LogP contribution in [0, 0.1) is 5.92 Å². The molecule has 5 N–H and O–H groups in total. The number of methoxy groups -OCH3 is 2. The molecule has 14 heteroatoms. The van der Waals surface area contributed by atoms with Gasteiger partial charge in [-0.1, -0.05) is 59.6 Å². The molecular weight excluding hydrogens is 667 g/mol. The van der Waals surface area contributed by atoms with Crippen LogP contribution in [0.15, 0.2) is 48.8 Å². The van der Waals surface area contributed by atoms with Crippen LogP contribution in [0.5, 0.6) is 11.8 Å². The molecule has 256 valence electrons. The van der Waals surface area contributed by atoms with Gasteiger partial charge in [0.25, 0.3) is 0 Å². The van der Waals surface area contributed by atoms with Crippen LogP contribution in [-0.4, -0.2) is 64.6 Å². The van der Waals surface area contributed by atoms with Crippen molar-refractivity contribution < 1.29 is 19.1 Å². The van der Waals surface area contributed by atoms with E-state index >= 15 is 0 Å². The molecule has 12 nitrogen and oxygen atoms in total. The fourth-order valence-corrected chi connectivity index (χ4v) is 7.01. The Kier molecular flexibility index (Phi) is 10.9. The number of benzene rings is 2. The van der Waals surface area contributed by atoms with Crippen molar-refractivity contribution >= 4 is 35.0 Å². The van der Waals surface area contributed by atoms with Gasteiger partial charge in [-0.25, -0.2) is 9.97 Å². The van der Waals surface area contributed by atoms with Gasteiger partial charge >= 0.3 is 0 Å². The SMILES string of the molecule is COc1nc(-c2cccc(-c3cccc(-c4cnc(CN[C@@H]5CC[C@H](C(N)=O)C5)c(OC)n4)c3Cl)c2Cl)cnc1CNC[C@@H]1CCC(=O)N1. The normalized spacial score (nSPS) is 18.8. The van der Waals surface area contributed by atoms with Gasteiger partial charge < -0.3 is 31.2 Å². The first kappa shape index (κ1) is 34.5. The molecule has 0 spiro atoms. The molecule has 1 aliphatic carbocycles. The predicted octanol–water partition coefficient (Wildman–Crippen LogP) is 4.70. The van der Waals surface area contributed by atoms with Crippen LogP contribution in [0.1, 0.15) is 43.5 Å². The number of amides is 2. The smallest absolute Gasteiger partial charge is 0.237 e. The lowest BCUT2D eigenvalue weighted by atomic mass is 9.98. The number of rotatable bonds is 13. The lowest BCUT2D eigenvalue weighted by Crippen LogP contribution is -2.35. The minimum Gasteiger partial charge on any atom is -0.480 e. The van der Waals surface area contributed by atoms with Crippen molar-refractivity contribution in [2.75, 3.05) is 20.8 Å². The molecule has 2 amide bonds. The second kappa shape index (κ2) is 15.5. The van der Waals surface area contributed by atoms with Crippen LogP contribution >= 0.6 is 23.2 Å². The van der Waals surface area contributed by atoms with E-state index in [-0.39, 0.29) is 29.8 Å². The third kappa shape index (κ3) is 7.78. The average molecular weight is 706 g/mol. The minimum absolute atomic E-state index is 0.0786. The molecule has 3 heterocycles. The molecule has 2 aromatic heterocycles. The number of carbonyl (C=O) groups excluding carboxylic acids is 2. The molecule has 3 atom stereocenters. The van der Waals surface area contributed by atoms with Gasteiger partial charge in [0.2, 0.25) is 23.6 Å². The Hall–Kier alpha value is -4.36. The van der Waals surface area contributed by atoms with E-state index in [9.17, 15) is 9.59 Å². The zero-order valence-electron chi connectivity index (χ0n) is 27.3. The third-order valence-electron chi connectivity index (χ3n) is 9.01. The number of nitrogens with one attached hydrogen (secondary N) is 3. The summed E-state index contributed by atoms with van der Waals surface area (Å²) in [7, 11) is 3.10. The van der Waals surface area contributed by atoms with Crippen LogP contribution in [0.4, 0.5) is 0 Å². The highest BCUT2D eigenvalue weighted by Crippen LogP contribution is 2.42. The molecule has 0 radical (unpaired) electrons. The Morgan fingerprint density at radius 1 is 0.878 bits per heavy atom. The summed E-state index contributed by atoms with van der Waals surface area (Å²) in [6, 6.07) is 11.6. The molecule has 4 aromatic rings. The van der Waals surface area contributed by atoms with Crippen molar-refractivity contribution in [1.82, 2.24) is 35.9 Å². The Balaban J connectivity index is 1.20. The van der Waals surface area contributed by atoms with Crippen LogP contribution < -0.4 is 31.2 Å². The van der Waals surface area contributed by atoms with Crippen molar-refractivity contribution in [3.63, 3.8) is 0 Å². The second-order valence-corrected chi connectivity index (χ2v) is 12.9. The molecule has 1 saturated heterocycles. The van der Waals surface area contributed by atoms with E-state index in [4.69, 9.17) is 48.4 Å². The molecule has 2 aliphatic rings. The number of nitrogens with two attached hydrogens (primary N) is 1. The largest absolute Gasteiger partial charge is 0.480 e. The van der Waals surface area contributed by atoms with Crippen LogP contribution in [0.2, 0.25) is 10.0 Å². The molecule has 6 rings (SSSR count). The highest BCUT2D eigenvalue weighted by Gasteiger charge is 2.28. The zero-order chi connectivity index (χ0) is 34.5. The van der Waals surface area contributed by atoms with Gasteiger partial charge in [0, 0.05) is 66.3 Å². The summed E-state index contributed by atoms with van der Waals surface area (Å²) in [6.45, 7) is 1.50. The first-order valence-corrected chi connectivity index (χ1v) is 16.9. The lowest BCUT2D eigenvalue weighted by molar-refractivity contribution is -0.121. The standard InChI is InChI=1S/C35H38Cl2N8O4/c1-48-34-28(15-39-14-21-11-12-30(46)43-21)41-16-26(44-34)24-7-3-5-22(31(24)36)23-6-4-8-25(32(23)37)27-17-42-29(35(45-27)49-2)18-40-20-10-9-19(13-20)33(38)47/h3-8,16-17,19-21,39-40H,9-15,18H2,1-2H3,(H2,38,47)(H,43,46)/t19-,20+,21-/m0/s1. The van der Waals surface area contributed by atoms with Crippen LogP contribution in [-0.2, 0) is 22.7 Å². The molecular formula is C35H38Cl2N8O4. The summed E-state index contributed by atoms with van der Waals surface area (Å²) in [4.78, 5) is 41.8. The van der Waals surface area contributed by atoms with E-state index in [0.717, 1.165) is 19.3 Å². The number of hydrogen-bond acceptors (Lipinski definition) is 10. The Bertz CT molecular complexity index is 1860. The van der Waals surface area contributed by atoms with Gasteiger partial charge in [0.1, 0.15) is 11.4 Å². The van der Waals surface area contributed by atoms with Crippen molar-refractivity contribution in [2.45, 2.75) is 57.3 Å². The molecule has 1 aliphatic heterocycles. The Morgan fingerprint density at radius 2 is 1.45 bits per heavy atom. The summed E-state index contributed by atoms with van der Waals surface area (Å²) >= 11 is 14.1. The molecule has 2 fully saturated rings. The maximum Gasteiger partial charge on any atom is 0.237 e. The predicted molar refractivity (Wildman–Crippen MR) is 187 cm³/mol. The van der Waals surface area contributed by atoms with Crippen LogP contribution in [0.3, 0.4) is 0 Å². The van der Waals surface area contributed by atoms with Crippen molar-refractivity contribution in [3.05, 3.63) is 70.2 Å². The van der Waals surface area contributed by atoms with Gasteiger partial charge in [0.05, 0.1) is 48.0 Å². The summed E-state index contributed by atoms with van der Waals surface area (Å²) in [5.41, 5.74) is 10.6. The Morgan fingerprint density at radius 3 is 1.96 bits per heavy atom. The number of primary amides is 1. The summed E-state index contributed by atoms with van der Waals surface area (Å²) < 4.78 is 11.2. The van der Waals surface area contributed by atoms with E-state index in [2.05, 4.69) is 25.9 Å². The van der Waals surface area contributed by atoms with E-state index < -0.39 is 0 Å². The van der Waals surface area contributed by atoms with Crippen molar-refractivity contribution in [2.24, 2.45) is 11.7 Å². The number of halogens is 2. The van der Waals surface area contributed by atoms with Gasteiger partial charge in [-0.05, 0) is 25.7 Å². The van der Waals surface area contributed by atoms with Gasteiger partial charge in [-0.2, -0.15) is 0 Å². The average Bonchev–Trinajstić information content (AvgIpc) is 3.77. The summed E-state index contributed by atoms with van der Waals surface area (Å²) in [5.74, 6) is 0.493. The third-order valence-corrected chi connectivity index (χ3v) is 9.83. The number of ether oxygens (including phenoxy) is 2. The molecule has 2 aromatic carbocycles. The van der Waals surface area contributed by atoms with Gasteiger partial charge in [-0.3, -0.25) is 19.6 Å². The Labute approximate surface area is 294 Å². The quantitative estimate of drug-likeness (QED) is 0.153. The van der Waals surface area contributed by atoms with Gasteiger partial charge in [-0.15, -0.1) is 0 Å². The van der Waals surface area contributed by atoms with E-state index in [0.29, 0.717) is 99.3 Å². The van der Waals surface area contributed by atoms with E-state index in [1.165, 1.54) is 0 Å². The first-order chi connectivity index (χ1) is 23.7. The molecule has 0 bridgehead atoms. The highest BCUT2D eigenvalue weighted by molar-refractivity contribution is 6.39. The van der Waals surface area contributed by atoms with Crippen molar-refractivity contribution in [3.8, 4) is 45.4 Å². The van der Waals surface area contributed by atoms with E-state index in [1.807, 2.05) is 36.4 Å². The zero-order valence-corrected chi connectivity index (χ0v) is 28.8. The maximum absolute atomic E-state index is 11.6. The molecule has 1 saturated carbocycles. The highest BCUT2D eigenvalue weighted by atomic mass is 35.5. The number of hydrogen-bond donors (Lipinski definition) is 4. The summed E-state index contributed by atoms with van der Waals surface area (Å²) in [5, 5.41) is 10.6. The maximum atomic E-state index is 11.6.